The van der Waals surface area contributed by atoms with Crippen molar-refractivity contribution in [1.29, 1.82) is 0 Å². The summed E-state index contributed by atoms with van der Waals surface area (Å²) in [6.07, 6.45) is 11.6. The van der Waals surface area contributed by atoms with Crippen LogP contribution in [-0.2, 0) is 0 Å². The maximum Gasteiger partial charge on any atom is 0.335 e. The van der Waals surface area contributed by atoms with Gasteiger partial charge in [-0.25, -0.2) is 4.79 Å². The highest BCUT2D eigenvalue weighted by molar-refractivity contribution is 6.22. The average molecular weight is 470 g/mol. The molecule has 6 heteroatoms. The minimum absolute atomic E-state index is 0.0492. The summed E-state index contributed by atoms with van der Waals surface area (Å²) in [6, 6.07) is 5.16. The molecule has 0 radical (unpaired) electrons. The molecule has 33 heavy (non-hydrogen) atoms. The zero-order valence-corrected chi connectivity index (χ0v) is 19.6. The Morgan fingerprint density at radius 3 is 2.97 bits per heavy atom. The van der Waals surface area contributed by atoms with Gasteiger partial charge in [0.15, 0.2) is 0 Å². The number of anilines is 1. The molecule has 0 amide bonds. The van der Waals surface area contributed by atoms with Gasteiger partial charge in [0, 0.05) is 18.5 Å². The number of aromatic carboxylic acids is 1. The van der Waals surface area contributed by atoms with Crippen LogP contribution >= 0.6 is 11.6 Å². The van der Waals surface area contributed by atoms with E-state index in [2.05, 4.69) is 23.6 Å². The minimum Gasteiger partial charge on any atom is -0.490 e. The molecule has 0 aromatic heterocycles. The Bertz CT molecular complexity index is 1020. The molecule has 1 aliphatic heterocycles. The highest BCUT2D eigenvalue weighted by Gasteiger charge is 2.45. The molecular weight excluding hydrogens is 438 g/mol. The summed E-state index contributed by atoms with van der Waals surface area (Å²) >= 11 is 6.45. The van der Waals surface area contributed by atoms with Crippen molar-refractivity contribution in [3.05, 3.63) is 59.7 Å². The number of carboxylic acid groups (broad SMARTS) is 1. The minimum atomic E-state index is -0.939. The summed E-state index contributed by atoms with van der Waals surface area (Å²) in [6.45, 7) is 5.88. The highest BCUT2D eigenvalue weighted by atomic mass is 35.5. The SMILES string of the molecule is C=CC(O)C1CCC1CN1CC2(CCCC3=C2C=CC(Cl)C3)COc2ccc(C(=O)O)cc21. The van der Waals surface area contributed by atoms with Gasteiger partial charge in [0.05, 0.1) is 29.3 Å². The number of fused-ring (bicyclic) bond motifs is 2. The van der Waals surface area contributed by atoms with Gasteiger partial charge in [-0.2, -0.15) is 0 Å². The van der Waals surface area contributed by atoms with Crippen molar-refractivity contribution < 1.29 is 19.7 Å². The van der Waals surface area contributed by atoms with Crippen molar-refractivity contribution in [3.8, 4) is 5.75 Å². The number of aliphatic hydroxyl groups is 1. The lowest BCUT2D eigenvalue weighted by Crippen LogP contribution is -2.48. The van der Waals surface area contributed by atoms with E-state index in [0.717, 1.165) is 63.1 Å². The fourth-order valence-corrected chi connectivity index (χ4v) is 6.49. The number of aliphatic hydroxyl groups excluding tert-OH is 1. The number of carboxylic acids is 1. The Balaban J connectivity index is 1.53. The van der Waals surface area contributed by atoms with Gasteiger partial charge in [-0.05, 0) is 74.1 Å². The Morgan fingerprint density at radius 1 is 1.39 bits per heavy atom. The van der Waals surface area contributed by atoms with Crippen molar-refractivity contribution in [2.75, 3.05) is 24.6 Å². The lowest BCUT2D eigenvalue weighted by Gasteiger charge is -2.46. The van der Waals surface area contributed by atoms with Gasteiger partial charge < -0.3 is 19.8 Å². The lowest BCUT2D eigenvalue weighted by molar-refractivity contribution is 0.0456. The van der Waals surface area contributed by atoms with E-state index in [0.29, 0.717) is 12.5 Å². The maximum absolute atomic E-state index is 11.7. The first-order valence-electron chi connectivity index (χ1n) is 12.0. The van der Waals surface area contributed by atoms with Crippen LogP contribution in [0.5, 0.6) is 5.75 Å². The predicted molar refractivity (Wildman–Crippen MR) is 130 cm³/mol. The first-order valence-corrected chi connectivity index (χ1v) is 12.4. The number of hydrogen-bond donors (Lipinski definition) is 2. The summed E-state index contributed by atoms with van der Waals surface area (Å²) in [5, 5.41) is 20.1. The van der Waals surface area contributed by atoms with E-state index in [1.54, 1.807) is 24.3 Å². The molecule has 3 aliphatic carbocycles. The summed E-state index contributed by atoms with van der Waals surface area (Å²) < 4.78 is 6.41. The molecule has 1 aromatic rings. The third-order valence-electron chi connectivity index (χ3n) is 8.15. The Kier molecular flexibility index (Phi) is 6.04. The van der Waals surface area contributed by atoms with E-state index >= 15 is 0 Å². The van der Waals surface area contributed by atoms with Crippen LogP contribution in [0.25, 0.3) is 0 Å². The molecule has 1 heterocycles. The summed E-state index contributed by atoms with van der Waals surface area (Å²) in [5.41, 5.74) is 3.75. The van der Waals surface area contributed by atoms with Crippen LogP contribution in [0, 0.1) is 17.3 Å². The fraction of sp³-hybridized carbons (Fsp3) is 0.519. The van der Waals surface area contributed by atoms with Crippen LogP contribution in [-0.4, -0.2) is 47.4 Å². The number of ether oxygens (including phenoxy) is 1. The third kappa shape index (κ3) is 4.10. The molecule has 1 aromatic carbocycles. The number of hydrogen-bond acceptors (Lipinski definition) is 4. The number of carbonyl (C=O) groups is 1. The molecular formula is C27H32ClNO4. The van der Waals surface area contributed by atoms with Gasteiger partial charge in [-0.15, -0.1) is 18.2 Å². The van der Waals surface area contributed by atoms with Crippen LogP contribution in [0.1, 0.15) is 48.9 Å². The van der Waals surface area contributed by atoms with Gasteiger partial charge in [0.2, 0.25) is 0 Å². The number of alkyl halides is 1. The molecule has 5 atom stereocenters. The molecule has 0 bridgehead atoms. The molecule has 4 aliphatic rings. The van der Waals surface area contributed by atoms with E-state index < -0.39 is 12.1 Å². The number of rotatable bonds is 5. The topological polar surface area (TPSA) is 70.0 Å². The molecule has 1 saturated carbocycles. The zero-order valence-electron chi connectivity index (χ0n) is 18.9. The second-order valence-corrected chi connectivity index (χ2v) is 10.7. The van der Waals surface area contributed by atoms with E-state index in [1.165, 1.54) is 11.1 Å². The van der Waals surface area contributed by atoms with E-state index in [1.807, 2.05) is 0 Å². The van der Waals surface area contributed by atoms with Gasteiger partial charge >= 0.3 is 5.97 Å². The average Bonchev–Trinajstić information content (AvgIpc) is 2.93. The number of allylic oxidation sites excluding steroid dienone is 3. The van der Waals surface area contributed by atoms with Gasteiger partial charge in [0.25, 0.3) is 0 Å². The Labute approximate surface area is 200 Å². The molecule has 5 unspecified atom stereocenters. The van der Waals surface area contributed by atoms with E-state index in [9.17, 15) is 15.0 Å². The van der Waals surface area contributed by atoms with Crippen molar-refractivity contribution >= 4 is 23.3 Å². The van der Waals surface area contributed by atoms with Crippen molar-refractivity contribution in [2.24, 2.45) is 17.3 Å². The largest absolute Gasteiger partial charge is 0.490 e. The normalized spacial score (nSPS) is 31.7. The molecule has 5 nitrogen and oxygen atoms in total. The highest BCUT2D eigenvalue weighted by Crippen LogP contribution is 2.50. The lowest BCUT2D eigenvalue weighted by atomic mass is 9.67. The van der Waals surface area contributed by atoms with Crippen molar-refractivity contribution in [1.82, 2.24) is 0 Å². The van der Waals surface area contributed by atoms with Crippen molar-refractivity contribution in [2.45, 2.75) is 50.0 Å². The summed E-state index contributed by atoms with van der Waals surface area (Å²) in [4.78, 5) is 14.1. The standard InChI is InChI=1S/C27H32ClNO4/c1-2-24(30)21-8-5-19(21)14-29-15-27(11-3-4-17-12-20(28)7-9-22(17)27)16-33-25-10-6-18(26(31)32)13-23(25)29/h2,6-7,9-10,13,19-21,24,30H,1,3-5,8,11-12,14-16H2,(H,31,32). The van der Waals surface area contributed by atoms with Crippen molar-refractivity contribution in [3.63, 3.8) is 0 Å². The van der Waals surface area contributed by atoms with Crippen LogP contribution in [0.3, 0.4) is 0 Å². The quantitative estimate of drug-likeness (QED) is 0.458. The molecule has 1 spiro atoms. The number of halogens is 1. The van der Waals surface area contributed by atoms with Gasteiger partial charge in [-0.3, -0.25) is 0 Å². The first-order chi connectivity index (χ1) is 15.9. The predicted octanol–water partition coefficient (Wildman–Crippen LogP) is 5.19. The Morgan fingerprint density at radius 2 is 2.24 bits per heavy atom. The van der Waals surface area contributed by atoms with E-state index in [-0.39, 0.29) is 22.3 Å². The summed E-state index contributed by atoms with van der Waals surface area (Å²) in [7, 11) is 0. The van der Waals surface area contributed by atoms with Crippen LogP contribution in [0.2, 0.25) is 0 Å². The second kappa shape index (κ2) is 8.84. The summed E-state index contributed by atoms with van der Waals surface area (Å²) in [5.74, 6) is 0.327. The third-order valence-corrected chi connectivity index (χ3v) is 8.45. The maximum atomic E-state index is 11.7. The molecule has 176 valence electrons. The molecule has 0 saturated heterocycles. The smallest absolute Gasteiger partial charge is 0.335 e. The van der Waals surface area contributed by atoms with Gasteiger partial charge in [0.1, 0.15) is 5.75 Å². The number of benzene rings is 1. The zero-order chi connectivity index (χ0) is 23.2. The van der Waals surface area contributed by atoms with Gasteiger partial charge in [-0.1, -0.05) is 23.8 Å². The molecule has 1 fully saturated rings. The second-order valence-electron chi connectivity index (χ2n) is 10.1. The first kappa shape index (κ1) is 22.5. The van der Waals surface area contributed by atoms with E-state index in [4.69, 9.17) is 16.3 Å². The number of nitrogens with zero attached hydrogens (tertiary/aromatic N) is 1. The van der Waals surface area contributed by atoms with Crippen LogP contribution < -0.4 is 9.64 Å². The Hall–Kier alpha value is -2.24. The van der Waals surface area contributed by atoms with Crippen LogP contribution in [0.4, 0.5) is 5.69 Å². The molecule has 2 N–H and O–H groups in total. The molecule has 5 rings (SSSR count). The monoisotopic (exact) mass is 469 g/mol. The van der Waals surface area contributed by atoms with Crippen LogP contribution in [0.15, 0.2) is 54.2 Å². The fourth-order valence-electron chi connectivity index (χ4n) is 6.23.